The molecule has 0 aromatic rings. The number of ether oxygens (including phenoxy) is 1. The molecule has 76 valence electrons. The molecule has 7 heteroatoms. The molecule has 0 aromatic carbocycles. The molecule has 2 N–H and O–H groups in total. The van der Waals surface area contributed by atoms with Gasteiger partial charge in [-0.3, -0.25) is 0 Å². The van der Waals surface area contributed by atoms with E-state index in [2.05, 4.69) is 14.2 Å². The molecular formula is C6H13N3O3S. The van der Waals surface area contributed by atoms with Crippen molar-refractivity contribution < 1.29 is 13.2 Å². The molecule has 6 nitrogen and oxygen atoms in total. The lowest BCUT2D eigenvalue weighted by Gasteiger charge is -2.08. The van der Waals surface area contributed by atoms with E-state index in [4.69, 9.17) is 5.26 Å². The fourth-order valence-electron chi connectivity index (χ4n) is 0.579. The highest BCUT2D eigenvalue weighted by Crippen LogP contribution is 1.82. The van der Waals surface area contributed by atoms with Crippen LogP contribution in [0.1, 0.15) is 6.92 Å². The van der Waals surface area contributed by atoms with Crippen LogP contribution in [0.2, 0.25) is 0 Å². The van der Waals surface area contributed by atoms with E-state index in [9.17, 15) is 8.42 Å². The second-order valence-electron chi connectivity index (χ2n) is 2.36. The number of nitrogens with zero attached hydrogens (tertiary/aromatic N) is 1. The summed E-state index contributed by atoms with van der Waals surface area (Å²) in [5, 5.41) is 8.34. The molecule has 0 aliphatic rings. The Morgan fingerprint density at radius 2 is 2.23 bits per heavy atom. The maximum absolute atomic E-state index is 11.0. The van der Waals surface area contributed by atoms with Gasteiger partial charge in [-0.05, 0) is 6.92 Å². The van der Waals surface area contributed by atoms with Gasteiger partial charge in [0.15, 0.2) is 0 Å². The maximum Gasteiger partial charge on any atom is 0.278 e. The van der Waals surface area contributed by atoms with Crippen molar-refractivity contribution in [2.45, 2.75) is 13.0 Å². The lowest BCUT2D eigenvalue weighted by molar-refractivity contribution is 0.204. The van der Waals surface area contributed by atoms with Gasteiger partial charge >= 0.3 is 0 Å². The number of hydrogen-bond donors (Lipinski definition) is 2. The minimum absolute atomic E-state index is 0.185. The van der Waals surface area contributed by atoms with Gasteiger partial charge in [0, 0.05) is 13.7 Å². The van der Waals surface area contributed by atoms with Crippen molar-refractivity contribution in [3.05, 3.63) is 0 Å². The van der Waals surface area contributed by atoms with Crippen molar-refractivity contribution in [1.82, 2.24) is 9.44 Å². The summed E-state index contributed by atoms with van der Waals surface area (Å²) < 4.78 is 31.1. The van der Waals surface area contributed by atoms with Crippen molar-refractivity contribution in [2.24, 2.45) is 0 Å². The Balaban J connectivity index is 3.89. The van der Waals surface area contributed by atoms with Crippen molar-refractivity contribution in [3.8, 4) is 6.07 Å². The third kappa shape index (κ3) is 6.48. The molecule has 0 saturated heterocycles. The Labute approximate surface area is 78.1 Å². The van der Waals surface area contributed by atoms with E-state index in [1.165, 1.54) is 14.0 Å². The molecule has 0 saturated carbocycles. The van der Waals surface area contributed by atoms with E-state index in [0.717, 1.165) is 0 Å². The Morgan fingerprint density at radius 1 is 1.62 bits per heavy atom. The first-order valence-corrected chi connectivity index (χ1v) is 5.15. The van der Waals surface area contributed by atoms with E-state index in [-0.39, 0.29) is 6.54 Å². The standard InChI is InChI=1S/C6H13N3O3S/c1-6(5-7)9-13(10,11)8-3-4-12-2/h6,8-9H,3-4H2,1-2H3. The fraction of sp³-hybridized carbons (Fsp3) is 0.833. The smallest absolute Gasteiger partial charge is 0.278 e. The molecule has 0 heterocycles. The quantitative estimate of drug-likeness (QED) is 0.545. The first-order chi connectivity index (χ1) is 6.02. The summed E-state index contributed by atoms with van der Waals surface area (Å²) >= 11 is 0. The van der Waals surface area contributed by atoms with Crippen LogP contribution in [0.25, 0.3) is 0 Å². The van der Waals surface area contributed by atoms with Crippen LogP contribution in [0.3, 0.4) is 0 Å². The molecule has 13 heavy (non-hydrogen) atoms. The molecule has 0 bridgehead atoms. The van der Waals surface area contributed by atoms with Crippen LogP contribution in [0.4, 0.5) is 0 Å². The highest BCUT2D eigenvalue weighted by Gasteiger charge is 2.11. The lowest BCUT2D eigenvalue weighted by atomic mass is 10.4. The van der Waals surface area contributed by atoms with E-state index >= 15 is 0 Å². The fourth-order valence-corrected chi connectivity index (χ4v) is 1.53. The van der Waals surface area contributed by atoms with Gasteiger partial charge in [0.05, 0.1) is 12.7 Å². The number of nitrogens with one attached hydrogen (secondary N) is 2. The number of methoxy groups -OCH3 is 1. The number of rotatable bonds is 6. The van der Waals surface area contributed by atoms with E-state index in [1.807, 2.05) is 0 Å². The first-order valence-electron chi connectivity index (χ1n) is 3.67. The van der Waals surface area contributed by atoms with Crippen LogP contribution < -0.4 is 9.44 Å². The minimum atomic E-state index is -3.57. The van der Waals surface area contributed by atoms with E-state index in [1.54, 1.807) is 6.07 Å². The van der Waals surface area contributed by atoms with Crippen molar-refractivity contribution in [3.63, 3.8) is 0 Å². The predicted molar refractivity (Wildman–Crippen MR) is 47.0 cm³/mol. The highest BCUT2D eigenvalue weighted by atomic mass is 32.2. The first kappa shape index (κ1) is 12.3. The maximum atomic E-state index is 11.0. The molecule has 0 amide bonds. The van der Waals surface area contributed by atoms with Gasteiger partial charge < -0.3 is 4.74 Å². The van der Waals surface area contributed by atoms with Crippen LogP contribution in [0.5, 0.6) is 0 Å². The second kappa shape index (κ2) is 5.88. The summed E-state index contributed by atoms with van der Waals surface area (Å²) in [5.41, 5.74) is 0. The monoisotopic (exact) mass is 207 g/mol. The lowest BCUT2D eigenvalue weighted by Crippen LogP contribution is -2.42. The van der Waals surface area contributed by atoms with Gasteiger partial charge in [-0.15, -0.1) is 0 Å². The Kier molecular flexibility index (Phi) is 5.57. The van der Waals surface area contributed by atoms with Gasteiger partial charge in [0.2, 0.25) is 0 Å². The molecule has 0 aliphatic carbocycles. The summed E-state index contributed by atoms with van der Waals surface area (Å²) in [4.78, 5) is 0. The highest BCUT2D eigenvalue weighted by molar-refractivity contribution is 7.87. The zero-order valence-electron chi connectivity index (χ0n) is 7.57. The van der Waals surface area contributed by atoms with E-state index in [0.29, 0.717) is 6.61 Å². The Hall–Kier alpha value is -0.680. The summed E-state index contributed by atoms with van der Waals surface area (Å²) in [6, 6.07) is 1.01. The van der Waals surface area contributed by atoms with Crippen LogP contribution in [-0.2, 0) is 14.9 Å². The summed E-state index contributed by atoms with van der Waals surface area (Å²) in [7, 11) is -2.10. The molecular weight excluding hydrogens is 194 g/mol. The molecule has 0 rings (SSSR count). The van der Waals surface area contributed by atoms with Crippen molar-refractivity contribution in [1.29, 1.82) is 5.26 Å². The third-order valence-electron chi connectivity index (χ3n) is 1.12. The second-order valence-corrected chi connectivity index (χ2v) is 3.89. The summed E-state index contributed by atoms with van der Waals surface area (Å²) in [6.45, 7) is 1.93. The van der Waals surface area contributed by atoms with Crippen LogP contribution in [0.15, 0.2) is 0 Å². The normalized spacial score (nSPS) is 13.6. The van der Waals surface area contributed by atoms with Gasteiger partial charge in [0.1, 0.15) is 6.04 Å². The molecule has 1 unspecified atom stereocenters. The topological polar surface area (TPSA) is 91.2 Å². The van der Waals surface area contributed by atoms with Gasteiger partial charge in [0.25, 0.3) is 10.2 Å². The Morgan fingerprint density at radius 3 is 2.69 bits per heavy atom. The van der Waals surface area contributed by atoms with Gasteiger partial charge in [-0.25, -0.2) is 0 Å². The van der Waals surface area contributed by atoms with Crippen LogP contribution in [-0.4, -0.2) is 34.7 Å². The van der Waals surface area contributed by atoms with Crippen LogP contribution in [0, 0.1) is 11.3 Å². The minimum Gasteiger partial charge on any atom is -0.383 e. The van der Waals surface area contributed by atoms with Crippen molar-refractivity contribution in [2.75, 3.05) is 20.3 Å². The molecule has 0 aliphatic heterocycles. The zero-order valence-corrected chi connectivity index (χ0v) is 8.39. The average Bonchev–Trinajstić information content (AvgIpc) is 2.03. The molecule has 0 radical (unpaired) electrons. The van der Waals surface area contributed by atoms with Gasteiger partial charge in [-0.2, -0.15) is 23.1 Å². The van der Waals surface area contributed by atoms with Crippen LogP contribution >= 0.6 is 0 Å². The van der Waals surface area contributed by atoms with E-state index < -0.39 is 16.3 Å². The molecule has 0 spiro atoms. The third-order valence-corrected chi connectivity index (χ3v) is 2.37. The molecule has 0 fully saturated rings. The molecule has 0 aromatic heterocycles. The SMILES string of the molecule is COCCNS(=O)(=O)NC(C)C#N. The molecule has 1 atom stereocenters. The average molecular weight is 207 g/mol. The Bertz CT molecular complexity index is 269. The number of hydrogen-bond acceptors (Lipinski definition) is 4. The predicted octanol–water partition coefficient (Wildman–Crippen LogP) is -1.03. The zero-order chi connectivity index (χ0) is 10.3. The number of nitriles is 1. The van der Waals surface area contributed by atoms with Crippen molar-refractivity contribution >= 4 is 10.2 Å². The summed E-state index contributed by atoms with van der Waals surface area (Å²) in [6.07, 6.45) is 0. The largest absolute Gasteiger partial charge is 0.383 e. The summed E-state index contributed by atoms with van der Waals surface area (Å²) in [5.74, 6) is 0. The van der Waals surface area contributed by atoms with Gasteiger partial charge in [-0.1, -0.05) is 0 Å².